The Bertz CT molecular complexity index is 632. The number of ether oxygens (including phenoxy) is 1. The van der Waals surface area contributed by atoms with Crippen LogP contribution in [-0.4, -0.2) is 32.3 Å². The second-order valence-electron chi connectivity index (χ2n) is 5.88. The molecule has 1 aromatic carbocycles. The minimum Gasteiger partial charge on any atom is -0.366 e. The van der Waals surface area contributed by atoms with Gasteiger partial charge in [-0.3, -0.25) is 4.79 Å². The number of hydrogen-bond donors (Lipinski definition) is 0. The Kier molecular flexibility index (Phi) is 7.65. The summed E-state index contributed by atoms with van der Waals surface area (Å²) in [4.78, 5) is 11.5. The van der Waals surface area contributed by atoms with Crippen LogP contribution in [-0.2, 0) is 19.4 Å². The summed E-state index contributed by atoms with van der Waals surface area (Å²) in [5.74, 6) is -0.0244. The normalized spacial score (nSPS) is 15.2. The fraction of sp³-hybridized carbons (Fsp3) is 0.500. The summed E-state index contributed by atoms with van der Waals surface area (Å²) in [5.41, 5.74) is 1.83. The summed E-state index contributed by atoms with van der Waals surface area (Å²) in [6.07, 6.45) is 3.33. The first kappa shape index (κ1) is 19.6. The number of carbonyl (C=O) groups excluding carboxylic acids is 1. The molecule has 0 saturated heterocycles. The lowest BCUT2D eigenvalue weighted by Crippen LogP contribution is -2.21. The number of Topliss-reactive ketones (excluding diaryl/α,β-unsaturated/α-hetero) is 1. The third-order valence-corrected chi connectivity index (χ3v) is 4.33. The Morgan fingerprint density at radius 3 is 2.30 bits per heavy atom. The summed E-state index contributed by atoms with van der Waals surface area (Å²) in [6, 6.07) is 9.84. The van der Waals surface area contributed by atoms with Gasteiger partial charge < -0.3 is 4.74 Å². The molecule has 0 bridgehead atoms. The predicted octanol–water partition coefficient (Wildman–Crippen LogP) is 3.49. The van der Waals surface area contributed by atoms with Gasteiger partial charge in [0.05, 0.1) is 18.0 Å². The lowest BCUT2D eigenvalue weighted by molar-refractivity contribution is -0.120. The van der Waals surface area contributed by atoms with Gasteiger partial charge >= 0.3 is 0 Å². The van der Waals surface area contributed by atoms with E-state index >= 15 is 0 Å². The molecule has 2 atom stereocenters. The zero-order valence-electron chi connectivity index (χ0n) is 14.3. The molecule has 0 aliphatic heterocycles. The number of carbonyl (C=O) groups is 1. The summed E-state index contributed by atoms with van der Waals surface area (Å²) >= 11 is 0. The number of hydrogen-bond acceptors (Lipinski definition) is 4. The lowest BCUT2D eigenvalue weighted by Gasteiger charge is -2.25. The Hall–Kier alpha value is -1.46. The van der Waals surface area contributed by atoms with Gasteiger partial charge in [0.25, 0.3) is 0 Å². The van der Waals surface area contributed by atoms with Crippen molar-refractivity contribution in [1.29, 1.82) is 0 Å². The van der Waals surface area contributed by atoms with Gasteiger partial charge in [-0.15, -0.1) is 0 Å². The fourth-order valence-electron chi connectivity index (χ4n) is 2.27. The van der Waals surface area contributed by atoms with Gasteiger partial charge in [0, 0.05) is 12.7 Å². The van der Waals surface area contributed by atoms with Gasteiger partial charge in [-0.05, 0) is 31.4 Å². The molecule has 0 spiro atoms. The van der Waals surface area contributed by atoms with Crippen molar-refractivity contribution >= 4 is 15.6 Å². The highest BCUT2D eigenvalue weighted by molar-refractivity contribution is 7.90. The van der Waals surface area contributed by atoms with Crippen LogP contribution in [0.2, 0.25) is 0 Å². The third-order valence-electron chi connectivity index (χ3n) is 3.56. The van der Waals surface area contributed by atoms with E-state index in [4.69, 9.17) is 4.74 Å². The van der Waals surface area contributed by atoms with Crippen LogP contribution in [0, 0.1) is 0 Å². The molecule has 0 fully saturated rings. The van der Waals surface area contributed by atoms with Crippen LogP contribution < -0.4 is 0 Å². The molecule has 0 heterocycles. The van der Waals surface area contributed by atoms with E-state index in [0.29, 0.717) is 0 Å². The maximum atomic E-state index is 11.5. The molecule has 0 radical (unpaired) electrons. The van der Waals surface area contributed by atoms with E-state index in [-0.39, 0.29) is 24.1 Å². The number of sulfone groups is 1. The van der Waals surface area contributed by atoms with Gasteiger partial charge in [-0.2, -0.15) is 0 Å². The van der Waals surface area contributed by atoms with E-state index < -0.39 is 15.9 Å². The first-order chi connectivity index (χ1) is 10.7. The van der Waals surface area contributed by atoms with Gasteiger partial charge in [0.15, 0.2) is 9.84 Å². The molecule has 0 aliphatic rings. The van der Waals surface area contributed by atoms with Crippen LogP contribution in [0.5, 0.6) is 0 Å². The third kappa shape index (κ3) is 7.57. The van der Waals surface area contributed by atoms with E-state index in [1.807, 2.05) is 44.2 Å². The van der Waals surface area contributed by atoms with E-state index in [2.05, 4.69) is 0 Å². The molecule has 0 saturated carbocycles. The van der Waals surface area contributed by atoms with E-state index in [1.54, 1.807) is 6.08 Å². The van der Waals surface area contributed by atoms with Crippen LogP contribution in [0.3, 0.4) is 0 Å². The maximum Gasteiger partial charge on any atom is 0.151 e. The summed E-state index contributed by atoms with van der Waals surface area (Å²) in [7, 11) is -3.08. The Morgan fingerprint density at radius 2 is 1.83 bits per heavy atom. The van der Waals surface area contributed by atoms with Crippen LogP contribution in [0.1, 0.15) is 45.3 Å². The van der Waals surface area contributed by atoms with E-state index in [1.165, 1.54) is 13.2 Å². The number of benzene rings is 1. The SMILES string of the molecule is CC[C@@H](O[C@@H](CC(C)=O)/C(C)=C\CS(C)(=O)=O)c1ccccc1. The van der Waals surface area contributed by atoms with Crippen molar-refractivity contribution in [3.8, 4) is 0 Å². The monoisotopic (exact) mass is 338 g/mol. The standard InChI is InChI=1S/C18H26O4S/c1-5-17(16-9-7-6-8-10-16)22-18(13-15(3)19)14(2)11-12-23(4,20)21/h6-11,17-18H,5,12-13H2,1-4H3/b14-11-/t17-,18+/m1/s1. The maximum absolute atomic E-state index is 11.5. The van der Waals surface area contributed by atoms with Crippen molar-refractivity contribution in [2.75, 3.05) is 12.0 Å². The van der Waals surface area contributed by atoms with Crippen LogP contribution in [0.25, 0.3) is 0 Å². The summed E-state index contributed by atoms with van der Waals surface area (Å²) in [6.45, 7) is 5.36. The second-order valence-corrected chi connectivity index (χ2v) is 8.06. The molecule has 0 aliphatic carbocycles. The van der Waals surface area contributed by atoms with Gasteiger partial charge in [-0.25, -0.2) is 8.42 Å². The highest BCUT2D eigenvalue weighted by Crippen LogP contribution is 2.26. The second kappa shape index (κ2) is 8.99. The minimum atomic E-state index is -3.08. The largest absolute Gasteiger partial charge is 0.366 e. The first-order valence-electron chi connectivity index (χ1n) is 7.77. The Labute approximate surface area is 139 Å². The molecular formula is C18H26O4S. The van der Waals surface area contributed by atoms with Crippen LogP contribution in [0.15, 0.2) is 42.0 Å². The van der Waals surface area contributed by atoms with Gasteiger partial charge in [0.2, 0.25) is 0 Å². The molecule has 23 heavy (non-hydrogen) atoms. The van der Waals surface area contributed by atoms with Crippen molar-refractivity contribution in [3.63, 3.8) is 0 Å². The van der Waals surface area contributed by atoms with Crippen molar-refractivity contribution < 1.29 is 17.9 Å². The Balaban J connectivity index is 2.94. The number of ketones is 1. The number of rotatable bonds is 9. The smallest absolute Gasteiger partial charge is 0.151 e. The molecule has 0 amide bonds. The highest BCUT2D eigenvalue weighted by atomic mass is 32.2. The minimum absolute atomic E-state index is 0.0185. The molecule has 1 aromatic rings. The predicted molar refractivity (Wildman–Crippen MR) is 93.1 cm³/mol. The lowest BCUT2D eigenvalue weighted by atomic mass is 10.0. The fourth-order valence-corrected chi connectivity index (χ4v) is 2.83. The van der Waals surface area contributed by atoms with Crippen molar-refractivity contribution in [2.24, 2.45) is 0 Å². The Morgan fingerprint density at radius 1 is 1.22 bits per heavy atom. The zero-order valence-corrected chi connectivity index (χ0v) is 15.1. The molecule has 128 valence electrons. The molecule has 0 unspecified atom stereocenters. The van der Waals surface area contributed by atoms with Crippen molar-refractivity contribution in [2.45, 2.75) is 45.8 Å². The average molecular weight is 338 g/mol. The molecule has 5 heteroatoms. The van der Waals surface area contributed by atoms with Crippen molar-refractivity contribution in [1.82, 2.24) is 0 Å². The molecule has 0 aromatic heterocycles. The zero-order chi connectivity index (χ0) is 17.5. The topological polar surface area (TPSA) is 60.4 Å². The molecular weight excluding hydrogens is 312 g/mol. The first-order valence-corrected chi connectivity index (χ1v) is 9.83. The highest BCUT2D eigenvalue weighted by Gasteiger charge is 2.20. The van der Waals surface area contributed by atoms with E-state index in [9.17, 15) is 13.2 Å². The van der Waals surface area contributed by atoms with Gasteiger partial charge in [-0.1, -0.05) is 43.3 Å². The summed E-state index contributed by atoms with van der Waals surface area (Å²) in [5, 5.41) is 0. The van der Waals surface area contributed by atoms with Crippen LogP contribution >= 0.6 is 0 Å². The quantitative estimate of drug-likeness (QED) is 0.647. The molecule has 0 N–H and O–H groups in total. The van der Waals surface area contributed by atoms with Crippen molar-refractivity contribution in [3.05, 3.63) is 47.5 Å². The average Bonchev–Trinajstić information content (AvgIpc) is 2.48. The summed E-state index contributed by atoms with van der Waals surface area (Å²) < 4.78 is 28.8. The molecule has 4 nitrogen and oxygen atoms in total. The molecule has 1 rings (SSSR count). The van der Waals surface area contributed by atoms with E-state index in [0.717, 1.165) is 17.6 Å². The van der Waals surface area contributed by atoms with Crippen LogP contribution in [0.4, 0.5) is 0 Å². The van der Waals surface area contributed by atoms with Gasteiger partial charge in [0.1, 0.15) is 5.78 Å².